The van der Waals surface area contributed by atoms with Crippen LogP contribution in [0.25, 0.3) is 6.08 Å². The van der Waals surface area contributed by atoms with E-state index < -0.39 is 0 Å². The van der Waals surface area contributed by atoms with Crippen molar-refractivity contribution in [1.82, 2.24) is 16.3 Å². The van der Waals surface area contributed by atoms with Crippen molar-refractivity contribution in [3.8, 4) is 11.5 Å². The average molecular weight is 394 g/mol. The van der Waals surface area contributed by atoms with Gasteiger partial charge in [0.05, 0.1) is 13.7 Å². The van der Waals surface area contributed by atoms with Gasteiger partial charge >= 0.3 is 0 Å². The number of allylic oxidation sites excluding steroid dienone is 1. The molecular formula is C22H26N4O3. The minimum Gasteiger partial charge on any atom is -0.496 e. The standard InChI is InChI=1S/C22H26N4O3/c1-3-29-18-11-6-9-17(14-18)19-15-20(25-24-19)22(27)26-23-13-7-10-16-8-4-5-12-21(16)28-2/h4-14,19-20,24-25H,3,15H2,1-2H3,(H,26,27)/b10-7+,23-13+. The molecule has 0 radical (unpaired) electrons. The molecule has 1 fully saturated rings. The Hall–Kier alpha value is -3.16. The van der Waals surface area contributed by atoms with E-state index in [9.17, 15) is 4.79 Å². The van der Waals surface area contributed by atoms with Gasteiger partial charge in [0.1, 0.15) is 17.5 Å². The fourth-order valence-corrected chi connectivity index (χ4v) is 3.11. The third kappa shape index (κ3) is 5.66. The topological polar surface area (TPSA) is 84.0 Å². The van der Waals surface area contributed by atoms with Crippen LogP contribution < -0.4 is 25.8 Å². The van der Waals surface area contributed by atoms with Crippen LogP contribution in [0.4, 0.5) is 0 Å². The maximum Gasteiger partial charge on any atom is 0.258 e. The highest BCUT2D eigenvalue weighted by Crippen LogP contribution is 2.25. The summed E-state index contributed by atoms with van der Waals surface area (Å²) in [5.74, 6) is 1.41. The van der Waals surface area contributed by atoms with Crippen LogP contribution in [0, 0.1) is 0 Å². The minimum absolute atomic E-state index is 0.0283. The molecule has 3 N–H and O–H groups in total. The number of carbonyl (C=O) groups excluding carboxylic acids is 1. The number of methoxy groups -OCH3 is 1. The smallest absolute Gasteiger partial charge is 0.258 e. The summed E-state index contributed by atoms with van der Waals surface area (Å²) in [7, 11) is 1.63. The second-order valence-corrected chi connectivity index (χ2v) is 6.49. The van der Waals surface area contributed by atoms with Crippen LogP contribution in [0.1, 0.15) is 30.5 Å². The number of amides is 1. The van der Waals surface area contributed by atoms with Gasteiger partial charge in [0.25, 0.3) is 5.91 Å². The largest absolute Gasteiger partial charge is 0.496 e. The zero-order chi connectivity index (χ0) is 20.5. The average Bonchev–Trinajstić information content (AvgIpc) is 3.25. The number of carbonyl (C=O) groups is 1. The predicted molar refractivity (Wildman–Crippen MR) is 114 cm³/mol. The van der Waals surface area contributed by atoms with Crippen LogP contribution in [0.15, 0.2) is 59.7 Å². The number of nitrogens with one attached hydrogen (secondary N) is 3. The normalized spacial score (nSPS) is 19.0. The lowest BCUT2D eigenvalue weighted by atomic mass is 10.0. The lowest BCUT2D eigenvalue weighted by Gasteiger charge is -2.11. The maximum absolute atomic E-state index is 12.3. The summed E-state index contributed by atoms with van der Waals surface area (Å²) < 4.78 is 10.8. The molecule has 0 aliphatic carbocycles. The van der Waals surface area contributed by atoms with E-state index in [1.807, 2.05) is 61.5 Å². The Balaban J connectivity index is 1.50. The van der Waals surface area contributed by atoms with Crippen molar-refractivity contribution in [2.75, 3.05) is 13.7 Å². The van der Waals surface area contributed by atoms with Gasteiger partial charge in [0.15, 0.2) is 0 Å². The molecule has 0 aromatic heterocycles. The second kappa shape index (κ2) is 10.4. The molecule has 1 aliphatic rings. The molecular weight excluding hydrogens is 368 g/mol. The Morgan fingerprint density at radius 1 is 1.24 bits per heavy atom. The molecule has 2 atom stereocenters. The zero-order valence-electron chi connectivity index (χ0n) is 16.6. The van der Waals surface area contributed by atoms with E-state index in [0.29, 0.717) is 13.0 Å². The first-order chi connectivity index (χ1) is 14.2. The van der Waals surface area contributed by atoms with Crippen molar-refractivity contribution < 1.29 is 14.3 Å². The second-order valence-electron chi connectivity index (χ2n) is 6.49. The maximum atomic E-state index is 12.3. The van der Waals surface area contributed by atoms with Gasteiger partial charge in [-0.3, -0.25) is 4.79 Å². The SMILES string of the molecule is CCOc1cccc(C2CC(C(=O)N/N=C/C=C/c3ccccc3OC)NN2)c1. The molecule has 1 aliphatic heterocycles. The molecule has 0 bridgehead atoms. The molecule has 152 valence electrons. The number of hydrazone groups is 1. The summed E-state index contributed by atoms with van der Waals surface area (Å²) in [6.45, 7) is 2.57. The molecule has 1 saturated heterocycles. The highest BCUT2D eigenvalue weighted by molar-refractivity contribution is 5.84. The van der Waals surface area contributed by atoms with Gasteiger partial charge in [-0.05, 0) is 49.3 Å². The van der Waals surface area contributed by atoms with E-state index in [2.05, 4.69) is 21.4 Å². The lowest BCUT2D eigenvalue weighted by molar-refractivity contribution is -0.122. The van der Waals surface area contributed by atoms with Crippen LogP contribution in [0.2, 0.25) is 0 Å². The first kappa shape index (κ1) is 20.6. The third-order valence-electron chi connectivity index (χ3n) is 4.54. The van der Waals surface area contributed by atoms with Gasteiger partial charge in [0.2, 0.25) is 0 Å². The molecule has 3 rings (SSSR count). The Kier molecular flexibility index (Phi) is 7.38. The number of para-hydroxylation sites is 1. The van der Waals surface area contributed by atoms with Crippen LogP contribution in [-0.2, 0) is 4.79 Å². The van der Waals surface area contributed by atoms with E-state index in [1.54, 1.807) is 13.2 Å². The van der Waals surface area contributed by atoms with Gasteiger partial charge in [-0.25, -0.2) is 16.3 Å². The van der Waals surface area contributed by atoms with Gasteiger partial charge in [-0.1, -0.05) is 30.3 Å². The van der Waals surface area contributed by atoms with Crippen molar-refractivity contribution in [3.63, 3.8) is 0 Å². The van der Waals surface area contributed by atoms with Gasteiger partial charge in [0, 0.05) is 17.8 Å². The quantitative estimate of drug-likeness (QED) is 0.474. The molecule has 1 heterocycles. The van der Waals surface area contributed by atoms with E-state index in [0.717, 1.165) is 22.6 Å². The number of benzene rings is 2. The molecule has 0 saturated carbocycles. The molecule has 7 nitrogen and oxygen atoms in total. The Morgan fingerprint density at radius 2 is 2.10 bits per heavy atom. The van der Waals surface area contributed by atoms with Crippen LogP contribution in [0.5, 0.6) is 11.5 Å². The van der Waals surface area contributed by atoms with Crippen LogP contribution in [0.3, 0.4) is 0 Å². The highest BCUT2D eigenvalue weighted by Gasteiger charge is 2.30. The van der Waals surface area contributed by atoms with Crippen molar-refractivity contribution in [1.29, 1.82) is 0 Å². The first-order valence-corrected chi connectivity index (χ1v) is 9.57. The fourth-order valence-electron chi connectivity index (χ4n) is 3.11. The summed E-state index contributed by atoms with van der Waals surface area (Å²) in [6, 6.07) is 15.2. The number of hydrogen-bond acceptors (Lipinski definition) is 6. The molecule has 2 aromatic carbocycles. The van der Waals surface area contributed by atoms with Crippen LogP contribution >= 0.6 is 0 Å². The van der Waals surface area contributed by atoms with Crippen molar-refractivity contribution in [3.05, 3.63) is 65.7 Å². The Labute approximate surface area is 170 Å². The highest BCUT2D eigenvalue weighted by atomic mass is 16.5. The molecule has 2 aromatic rings. The predicted octanol–water partition coefficient (Wildman–Crippen LogP) is 2.82. The zero-order valence-corrected chi connectivity index (χ0v) is 16.6. The lowest BCUT2D eigenvalue weighted by Crippen LogP contribution is -2.41. The minimum atomic E-state index is -0.369. The van der Waals surface area contributed by atoms with Gasteiger partial charge < -0.3 is 9.47 Å². The summed E-state index contributed by atoms with van der Waals surface area (Å²) in [4.78, 5) is 12.3. The number of ether oxygens (including phenoxy) is 2. The number of hydrazine groups is 1. The summed E-state index contributed by atoms with van der Waals surface area (Å²) in [6.07, 6.45) is 5.77. The number of nitrogens with zero attached hydrogens (tertiary/aromatic N) is 1. The summed E-state index contributed by atoms with van der Waals surface area (Å²) in [5.41, 5.74) is 10.8. The monoisotopic (exact) mass is 394 g/mol. The van der Waals surface area contributed by atoms with E-state index in [4.69, 9.17) is 9.47 Å². The first-order valence-electron chi connectivity index (χ1n) is 9.57. The molecule has 0 spiro atoms. The van der Waals surface area contributed by atoms with Gasteiger partial charge in [-0.2, -0.15) is 5.10 Å². The number of rotatable bonds is 8. The van der Waals surface area contributed by atoms with Gasteiger partial charge in [-0.15, -0.1) is 0 Å². The van der Waals surface area contributed by atoms with E-state index >= 15 is 0 Å². The van der Waals surface area contributed by atoms with Crippen molar-refractivity contribution >= 4 is 18.2 Å². The summed E-state index contributed by atoms with van der Waals surface area (Å²) >= 11 is 0. The fraction of sp³-hybridized carbons (Fsp3) is 0.273. The van der Waals surface area contributed by atoms with Crippen molar-refractivity contribution in [2.24, 2.45) is 5.10 Å². The van der Waals surface area contributed by atoms with E-state index in [1.165, 1.54) is 6.21 Å². The number of hydrogen-bond donors (Lipinski definition) is 3. The Bertz CT molecular complexity index is 882. The molecule has 7 heteroatoms. The van der Waals surface area contributed by atoms with Crippen LogP contribution in [-0.4, -0.2) is 31.9 Å². The summed E-state index contributed by atoms with van der Waals surface area (Å²) in [5, 5.41) is 3.98. The molecule has 29 heavy (non-hydrogen) atoms. The molecule has 1 amide bonds. The molecule has 2 unspecified atom stereocenters. The van der Waals surface area contributed by atoms with E-state index in [-0.39, 0.29) is 18.0 Å². The van der Waals surface area contributed by atoms with Crippen molar-refractivity contribution in [2.45, 2.75) is 25.4 Å². The Morgan fingerprint density at radius 3 is 2.93 bits per heavy atom. The third-order valence-corrected chi connectivity index (χ3v) is 4.54.